The van der Waals surface area contributed by atoms with Gasteiger partial charge < -0.3 is 14.6 Å². The van der Waals surface area contributed by atoms with Gasteiger partial charge in [-0.25, -0.2) is 9.59 Å². The van der Waals surface area contributed by atoms with Gasteiger partial charge in [0.15, 0.2) is 0 Å². The molecule has 0 aromatic heterocycles. The molecule has 0 saturated heterocycles. The minimum Gasteiger partial charge on any atom is -0.444 e. The number of carbonyl (C=O) groups excluding carboxylic acids is 2. The summed E-state index contributed by atoms with van der Waals surface area (Å²) in [4.78, 5) is 23.0. The van der Waals surface area contributed by atoms with Crippen LogP contribution in [0.1, 0.15) is 52.7 Å². The highest BCUT2D eigenvalue weighted by Gasteiger charge is 2.17. The molecule has 11 heteroatoms. The summed E-state index contributed by atoms with van der Waals surface area (Å²) < 4.78 is 36.7. The third-order valence-electron chi connectivity index (χ3n) is 3.77. The number of hydrogen-bond donors (Lipinski definition) is 3. The quantitative estimate of drug-likeness (QED) is 0.447. The summed E-state index contributed by atoms with van der Waals surface area (Å²) in [6.45, 7) is 10.6. The van der Waals surface area contributed by atoms with Crippen molar-refractivity contribution in [1.29, 1.82) is 0 Å². The summed E-state index contributed by atoms with van der Waals surface area (Å²) in [6.07, 6.45) is -0.0863. The number of nitrogens with one attached hydrogen (secondary N) is 2. The molecule has 2 rings (SSSR count). The molecular formula is C25H36N2O8S. The second-order valence-electron chi connectivity index (χ2n) is 9.78. The molecule has 2 aromatic rings. The number of rotatable bonds is 6. The van der Waals surface area contributed by atoms with Gasteiger partial charge in [0.25, 0.3) is 10.1 Å². The number of aliphatic hydroxyl groups excluding tert-OH is 1. The Bertz CT molecular complexity index is 1120. The highest BCUT2D eigenvalue weighted by atomic mass is 32.2. The van der Waals surface area contributed by atoms with Gasteiger partial charge in [0.1, 0.15) is 11.2 Å². The highest BCUT2D eigenvalue weighted by molar-refractivity contribution is 7.85. The molecule has 0 unspecified atom stereocenters. The Hall–Kier alpha value is -3.15. The monoisotopic (exact) mass is 524 g/mol. The molecule has 36 heavy (non-hydrogen) atoms. The van der Waals surface area contributed by atoms with E-state index in [0.717, 1.165) is 11.8 Å². The van der Waals surface area contributed by atoms with Crippen molar-refractivity contribution in [2.24, 2.45) is 0 Å². The largest absolute Gasteiger partial charge is 0.444 e. The van der Waals surface area contributed by atoms with E-state index in [9.17, 15) is 18.0 Å². The first-order valence-corrected chi connectivity index (χ1v) is 12.9. The number of amides is 2. The van der Waals surface area contributed by atoms with Gasteiger partial charge in [-0.2, -0.15) is 8.42 Å². The van der Waals surface area contributed by atoms with Gasteiger partial charge >= 0.3 is 12.2 Å². The van der Waals surface area contributed by atoms with Gasteiger partial charge in [0.2, 0.25) is 0 Å². The predicted octanol–water partition coefficient (Wildman–Crippen LogP) is 5.04. The maximum atomic E-state index is 11.6. The van der Waals surface area contributed by atoms with E-state index in [-0.39, 0.29) is 13.2 Å². The number of hydrogen-bond acceptors (Lipinski definition) is 8. The molecule has 10 nitrogen and oxygen atoms in total. The fraction of sp³-hybridized carbons (Fsp3) is 0.440. The van der Waals surface area contributed by atoms with E-state index in [1.807, 2.05) is 0 Å². The zero-order valence-corrected chi connectivity index (χ0v) is 22.6. The Labute approximate surface area is 213 Å². The van der Waals surface area contributed by atoms with Crippen molar-refractivity contribution in [2.45, 2.75) is 66.0 Å². The van der Waals surface area contributed by atoms with Gasteiger partial charge in [-0.3, -0.25) is 14.8 Å². The van der Waals surface area contributed by atoms with Crippen molar-refractivity contribution in [3.8, 4) is 0 Å². The second-order valence-corrected chi connectivity index (χ2v) is 11.4. The van der Waals surface area contributed by atoms with Crippen LogP contribution in [-0.2, 0) is 37.0 Å². The SMILES string of the molecule is CC(C)(C)OC(=O)Nc1cccc(CO)c1.CC(C)(C)OC(=O)Nc1cccc(COS(C)(=O)=O)c1. The molecule has 0 fully saturated rings. The molecule has 3 N–H and O–H groups in total. The molecule has 0 aliphatic heterocycles. The summed E-state index contributed by atoms with van der Waals surface area (Å²) in [5.41, 5.74) is 1.40. The van der Waals surface area contributed by atoms with Crippen LogP contribution in [0.25, 0.3) is 0 Å². The van der Waals surface area contributed by atoms with Crippen molar-refractivity contribution in [3.05, 3.63) is 59.7 Å². The Morgan fingerprint density at radius 1 is 0.806 bits per heavy atom. The van der Waals surface area contributed by atoms with Gasteiger partial charge in [0, 0.05) is 11.4 Å². The van der Waals surface area contributed by atoms with E-state index in [1.165, 1.54) is 0 Å². The van der Waals surface area contributed by atoms with Crippen LogP contribution in [0.4, 0.5) is 21.0 Å². The average Bonchev–Trinajstić information content (AvgIpc) is 2.70. The molecular weight excluding hydrogens is 488 g/mol. The van der Waals surface area contributed by atoms with Crippen molar-refractivity contribution in [3.63, 3.8) is 0 Å². The molecule has 0 radical (unpaired) electrons. The minimum absolute atomic E-state index is 0.0517. The van der Waals surface area contributed by atoms with E-state index in [1.54, 1.807) is 90.1 Å². The van der Waals surface area contributed by atoms with Crippen LogP contribution in [0.2, 0.25) is 0 Å². The van der Waals surface area contributed by atoms with Crippen molar-refractivity contribution >= 4 is 33.7 Å². The molecule has 0 saturated carbocycles. The second kappa shape index (κ2) is 13.2. The van der Waals surface area contributed by atoms with Crippen LogP contribution in [0.5, 0.6) is 0 Å². The fourth-order valence-corrected chi connectivity index (χ4v) is 2.85. The highest BCUT2D eigenvalue weighted by Crippen LogP contribution is 2.15. The molecule has 0 bridgehead atoms. The lowest BCUT2D eigenvalue weighted by atomic mass is 10.2. The molecule has 2 aromatic carbocycles. The summed E-state index contributed by atoms with van der Waals surface area (Å²) in [5, 5.41) is 14.1. The summed E-state index contributed by atoms with van der Waals surface area (Å²) in [5.74, 6) is 0. The smallest absolute Gasteiger partial charge is 0.412 e. The number of anilines is 2. The van der Waals surface area contributed by atoms with Crippen LogP contribution < -0.4 is 10.6 Å². The van der Waals surface area contributed by atoms with Crippen LogP contribution in [0, 0.1) is 0 Å². The average molecular weight is 525 g/mol. The van der Waals surface area contributed by atoms with Crippen molar-refractivity contribution in [2.75, 3.05) is 16.9 Å². The molecule has 0 aliphatic carbocycles. The molecule has 2 amide bonds. The lowest BCUT2D eigenvalue weighted by molar-refractivity contribution is 0.0624. The number of ether oxygens (including phenoxy) is 2. The third kappa shape index (κ3) is 15.0. The summed E-state index contributed by atoms with van der Waals surface area (Å²) in [7, 11) is -3.49. The number of benzene rings is 2. The van der Waals surface area contributed by atoms with E-state index in [0.29, 0.717) is 16.9 Å². The Balaban J connectivity index is 0.000000369. The lowest BCUT2D eigenvalue weighted by Gasteiger charge is -2.19. The van der Waals surface area contributed by atoms with Gasteiger partial charge in [-0.05, 0) is 76.9 Å². The van der Waals surface area contributed by atoms with Crippen LogP contribution in [0.15, 0.2) is 48.5 Å². The predicted molar refractivity (Wildman–Crippen MR) is 138 cm³/mol. The van der Waals surface area contributed by atoms with Crippen LogP contribution in [-0.4, -0.2) is 43.2 Å². The maximum Gasteiger partial charge on any atom is 0.412 e. The van der Waals surface area contributed by atoms with Crippen molar-refractivity contribution < 1.29 is 36.8 Å². The lowest BCUT2D eigenvalue weighted by Crippen LogP contribution is -2.27. The summed E-state index contributed by atoms with van der Waals surface area (Å²) >= 11 is 0. The first kappa shape index (κ1) is 30.9. The molecule has 0 atom stereocenters. The molecule has 0 aliphatic rings. The van der Waals surface area contributed by atoms with Crippen molar-refractivity contribution in [1.82, 2.24) is 0 Å². The molecule has 0 heterocycles. The molecule has 0 spiro atoms. The standard InChI is InChI=1S/C13H19NO5S.C12H17NO3/c1-13(2,3)19-12(15)14-11-7-5-6-10(8-11)9-18-20(4,16)17;1-12(2,3)16-11(15)13-10-6-4-5-9(7-10)8-14/h5-8H,9H2,1-4H3,(H,14,15);4-7,14H,8H2,1-3H3,(H,13,15). The van der Waals surface area contributed by atoms with Gasteiger partial charge in [0.05, 0.1) is 19.5 Å². The zero-order chi connectivity index (χ0) is 27.6. The van der Waals surface area contributed by atoms with Gasteiger partial charge in [-0.1, -0.05) is 24.3 Å². The minimum atomic E-state index is -3.49. The van der Waals surface area contributed by atoms with E-state index in [4.69, 9.17) is 14.6 Å². The maximum absolute atomic E-state index is 11.6. The normalized spacial score (nSPS) is 11.6. The number of carbonyl (C=O) groups is 2. The Kier molecular flexibility index (Phi) is 11.4. The topological polar surface area (TPSA) is 140 Å². The molecule has 200 valence electrons. The van der Waals surface area contributed by atoms with E-state index in [2.05, 4.69) is 14.8 Å². The van der Waals surface area contributed by atoms with Gasteiger partial charge in [-0.15, -0.1) is 0 Å². The Morgan fingerprint density at radius 3 is 1.61 bits per heavy atom. The Morgan fingerprint density at radius 2 is 1.22 bits per heavy atom. The first-order chi connectivity index (χ1) is 16.5. The first-order valence-electron chi connectivity index (χ1n) is 11.1. The third-order valence-corrected chi connectivity index (χ3v) is 4.31. The number of aliphatic hydroxyl groups is 1. The fourth-order valence-electron chi connectivity index (χ4n) is 2.50. The van der Waals surface area contributed by atoms with Crippen LogP contribution in [0.3, 0.4) is 0 Å². The van der Waals surface area contributed by atoms with E-state index < -0.39 is 33.5 Å². The van der Waals surface area contributed by atoms with E-state index >= 15 is 0 Å². The summed E-state index contributed by atoms with van der Waals surface area (Å²) in [6, 6.07) is 13.7. The zero-order valence-electron chi connectivity index (χ0n) is 21.7. The van der Waals surface area contributed by atoms with Crippen LogP contribution >= 0.6 is 0 Å².